The third kappa shape index (κ3) is 3.38. The second kappa shape index (κ2) is 6.86. The highest BCUT2D eigenvalue weighted by Gasteiger charge is 2.49. The van der Waals surface area contributed by atoms with Crippen molar-refractivity contribution in [2.75, 3.05) is 13.1 Å². The number of aryl methyl sites for hydroxylation is 1. The summed E-state index contributed by atoms with van der Waals surface area (Å²) in [6.45, 7) is 0.754. The number of carboxylic acids is 1. The van der Waals surface area contributed by atoms with Crippen LogP contribution in [0.5, 0.6) is 0 Å². The van der Waals surface area contributed by atoms with Crippen LogP contribution in [-0.4, -0.2) is 67.8 Å². The van der Waals surface area contributed by atoms with E-state index in [0.29, 0.717) is 19.4 Å². The number of hydrogen-bond acceptors (Lipinski definition) is 4. The molecular formula is C18H25N5O4. The maximum atomic E-state index is 12.8. The summed E-state index contributed by atoms with van der Waals surface area (Å²) in [5.74, 6) is -1.34. The van der Waals surface area contributed by atoms with Crippen molar-refractivity contribution in [3.8, 4) is 0 Å². The average Bonchev–Trinajstić information content (AvgIpc) is 3.31. The number of nitrogens with one attached hydrogen (secondary N) is 1. The number of urea groups is 1. The number of rotatable bonds is 4. The predicted molar refractivity (Wildman–Crippen MR) is 94.7 cm³/mol. The van der Waals surface area contributed by atoms with Crippen LogP contribution >= 0.6 is 0 Å². The lowest BCUT2D eigenvalue weighted by Crippen LogP contribution is -2.51. The van der Waals surface area contributed by atoms with Crippen molar-refractivity contribution in [3.63, 3.8) is 0 Å². The van der Waals surface area contributed by atoms with Gasteiger partial charge in [-0.3, -0.25) is 14.3 Å². The molecule has 1 aliphatic carbocycles. The topological polar surface area (TPSA) is 108 Å². The molecule has 1 unspecified atom stereocenters. The van der Waals surface area contributed by atoms with Gasteiger partial charge in [0.1, 0.15) is 0 Å². The van der Waals surface area contributed by atoms with E-state index < -0.39 is 11.9 Å². The van der Waals surface area contributed by atoms with E-state index in [9.17, 15) is 19.5 Å². The zero-order valence-corrected chi connectivity index (χ0v) is 15.4. The number of carbonyl (C=O) groups excluding carboxylic acids is 2. The minimum atomic E-state index is -0.865. The fourth-order valence-corrected chi connectivity index (χ4v) is 4.30. The summed E-state index contributed by atoms with van der Waals surface area (Å²) in [5, 5.41) is 16.5. The molecule has 3 fully saturated rings. The average molecular weight is 375 g/mol. The quantitative estimate of drug-likeness (QED) is 0.807. The molecule has 0 aromatic carbocycles. The molecule has 3 atom stereocenters. The summed E-state index contributed by atoms with van der Waals surface area (Å²) in [6, 6.07) is 1.26. The lowest BCUT2D eigenvalue weighted by atomic mass is 9.98. The number of hydrogen-bond donors (Lipinski definition) is 2. The van der Waals surface area contributed by atoms with Gasteiger partial charge in [0.05, 0.1) is 23.7 Å². The number of amides is 3. The van der Waals surface area contributed by atoms with E-state index in [-0.39, 0.29) is 43.0 Å². The van der Waals surface area contributed by atoms with Gasteiger partial charge in [-0.25, -0.2) is 4.79 Å². The summed E-state index contributed by atoms with van der Waals surface area (Å²) in [7, 11) is 1.84. The van der Waals surface area contributed by atoms with Crippen LogP contribution in [-0.2, 0) is 16.6 Å². The zero-order chi connectivity index (χ0) is 19.1. The molecule has 9 nitrogen and oxygen atoms in total. The molecule has 1 aromatic rings. The lowest BCUT2D eigenvalue weighted by Gasteiger charge is -2.33. The van der Waals surface area contributed by atoms with Crippen molar-refractivity contribution in [3.05, 3.63) is 18.0 Å². The van der Waals surface area contributed by atoms with Crippen LogP contribution in [0.2, 0.25) is 0 Å². The number of carboxylic acid groups (broad SMARTS) is 1. The summed E-state index contributed by atoms with van der Waals surface area (Å²) in [6.07, 6.45) is 5.21. The van der Waals surface area contributed by atoms with Gasteiger partial charge in [0.25, 0.3) is 0 Å². The van der Waals surface area contributed by atoms with Gasteiger partial charge in [-0.2, -0.15) is 5.10 Å². The van der Waals surface area contributed by atoms with Gasteiger partial charge < -0.3 is 20.2 Å². The molecule has 2 N–H and O–H groups in total. The highest BCUT2D eigenvalue weighted by molar-refractivity contribution is 5.83. The van der Waals surface area contributed by atoms with Gasteiger partial charge in [0.15, 0.2) is 0 Å². The smallest absolute Gasteiger partial charge is 0.317 e. The van der Waals surface area contributed by atoms with E-state index in [2.05, 4.69) is 10.4 Å². The van der Waals surface area contributed by atoms with Gasteiger partial charge in [-0.05, 0) is 31.7 Å². The van der Waals surface area contributed by atoms with Crippen LogP contribution in [0.15, 0.2) is 12.3 Å². The Balaban J connectivity index is 1.51. The molecular weight excluding hydrogens is 350 g/mol. The molecule has 3 heterocycles. The molecule has 2 saturated heterocycles. The lowest BCUT2D eigenvalue weighted by molar-refractivity contribution is -0.143. The standard InChI is InChI=1S/C18H25N5O4/c1-21-14(6-7-19-21)16-13(9-15(24)23(16)12-4-5-12)20-18(27)22-8-2-3-11(10-22)17(25)26/h6-7,11-13,16H,2-5,8-10H2,1H3,(H,20,27)(H,25,26)/t11?,13-,16-/m1/s1. The maximum absolute atomic E-state index is 12.8. The molecule has 3 aliphatic rings. The Morgan fingerprint density at radius 2 is 2.07 bits per heavy atom. The Labute approximate surface area is 157 Å². The fourth-order valence-electron chi connectivity index (χ4n) is 4.30. The van der Waals surface area contributed by atoms with Crippen LogP contribution < -0.4 is 5.32 Å². The first-order valence-electron chi connectivity index (χ1n) is 9.53. The molecule has 0 bridgehead atoms. The Hall–Kier alpha value is -2.58. The summed E-state index contributed by atoms with van der Waals surface area (Å²) in [5.41, 5.74) is 0.903. The van der Waals surface area contributed by atoms with Crippen LogP contribution in [0, 0.1) is 5.92 Å². The molecule has 3 amide bonds. The summed E-state index contributed by atoms with van der Waals surface area (Å²) in [4.78, 5) is 40.2. The monoisotopic (exact) mass is 375 g/mol. The van der Waals surface area contributed by atoms with Crippen molar-refractivity contribution >= 4 is 17.9 Å². The molecule has 1 saturated carbocycles. The molecule has 0 radical (unpaired) electrons. The van der Waals surface area contributed by atoms with E-state index in [4.69, 9.17) is 0 Å². The van der Waals surface area contributed by atoms with Crippen molar-refractivity contribution in [2.45, 2.75) is 50.2 Å². The Kier molecular flexibility index (Phi) is 4.53. The number of carbonyl (C=O) groups is 3. The first-order valence-corrected chi connectivity index (χ1v) is 9.53. The fraction of sp³-hybridized carbons (Fsp3) is 0.667. The summed E-state index contributed by atoms with van der Waals surface area (Å²) >= 11 is 0. The molecule has 9 heteroatoms. The SMILES string of the molecule is Cn1nccc1[C@H]1[C@H](NC(=O)N2CCCC(C(=O)O)C2)CC(=O)N1C1CC1. The van der Waals surface area contributed by atoms with Crippen molar-refractivity contribution in [1.82, 2.24) is 24.9 Å². The molecule has 0 spiro atoms. The van der Waals surface area contributed by atoms with E-state index in [0.717, 1.165) is 18.5 Å². The van der Waals surface area contributed by atoms with Gasteiger partial charge in [0, 0.05) is 38.8 Å². The number of aromatic nitrogens is 2. The maximum Gasteiger partial charge on any atom is 0.317 e. The van der Waals surface area contributed by atoms with Crippen molar-refractivity contribution in [1.29, 1.82) is 0 Å². The van der Waals surface area contributed by atoms with E-state index in [1.54, 1.807) is 15.8 Å². The number of likely N-dealkylation sites (tertiary alicyclic amines) is 2. The van der Waals surface area contributed by atoms with Crippen LogP contribution in [0.4, 0.5) is 4.79 Å². The van der Waals surface area contributed by atoms with Crippen LogP contribution in [0.3, 0.4) is 0 Å². The highest BCUT2D eigenvalue weighted by Crippen LogP contribution is 2.41. The largest absolute Gasteiger partial charge is 0.481 e. The van der Waals surface area contributed by atoms with Gasteiger partial charge in [-0.15, -0.1) is 0 Å². The molecule has 4 rings (SSSR count). The molecule has 27 heavy (non-hydrogen) atoms. The number of piperidine rings is 1. The zero-order valence-electron chi connectivity index (χ0n) is 15.4. The van der Waals surface area contributed by atoms with Crippen LogP contribution in [0.1, 0.15) is 43.8 Å². The predicted octanol–water partition coefficient (Wildman–Crippen LogP) is 0.731. The Bertz CT molecular complexity index is 759. The van der Waals surface area contributed by atoms with Crippen molar-refractivity contribution < 1.29 is 19.5 Å². The van der Waals surface area contributed by atoms with Gasteiger partial charge in [-0.1, -0.05) is 0 Å². The first kappa shape index (κ1) is 17.8. The second-order valence-corrected chi connectivity index (χ2v) is 7.74. The van der Waals surface area contributed by atoms with Crippen molar-refractivity contribution in [2.24, 2.45) is 13.0 Å². The second-order valence-electron chi connectivity index (χ2n) is 7.74. The molecule has 1 aromatic heterocycles. The Morgan fingerprint density at radius 3 is 2.70 bits per heavy atom. The Morgan fingerprint density at radius 1 is 1.30 bits per heavy atom. The number of aliphatic carboxylic acids is 1. The highest BCUT2D eigenvalue weighted by atomic mass is 16.4. The molecule has 146 valence electrons. The molecule has 2 aliphatic heterocycles. The van der Waals surface area contributed by atoms with E-state index >= 15 is 0 Å². The third-order valence-electron chi connectivity index (χ3n) is 5.83. The normalized spacial score (nSPS) is 28.5. The minimum Gasteiger partial charge on any atom is -0.481 e. The van der Waals surface area contributed by atoms with Gasteiger partial charge >= 0.3 is 12.0 Å². The number of nitrogens with zero attached hydrogens (tertiary/aromatic N) is 4. The first-order chi connectivity index (χ1) is 13.0. The van der Waals surface area contributed by atoms with Gasteiger partial charge in [0.2, 0.25) is 5.91 Å². The van der Waals surface area contributed by atoms with E-state index in [1.807, 2.05) is 18.0 Å². The minimum absolute atomic E-state index is 0.0519. The third-order valence-corrected chi connectivity index (χ3v) is 5.83. The summed E-state index contributed by atoms with van der Waals surface area (Å²) < 4.78 is 1.75. The van der Waals surface area contributed by atoms with E-state index in [1.165, 1.54) is 0 Å². The van der Waals surface area contributed by atoms with Crippen LogP contribution in [0.25, 0.3) is 0 Å².